The zero-order valence-electron chi connectivity index (χ0n) is 13.0. The molecule has 0 bridgehead atoms. The molecule has 0 aliphatic rings. The van der Waals surface area contributed by atoms with Crippen molar-refractivity contribution >= 4 is 11.0 Å². The average Bonchev–Trinajstić information content (AvgIpc) is 3.12. The molecule has 0 atom stereocenters. The van der Waals surface area contributed by atoms with Crippen molar-refractivity contribution in [3.05, 3.63) is 66.4 Å². The molecule has 7 heteroatoms. The molecule has 0 fully saturated rings. The van der Waals surface area contributed by atoms with E-state index >= 15 is 0 Å². The number of hydrogen-bond acceptors (Lipinski definition) is 6. The lowest BCUT2D eigenvalue weighted by atomic mass is 10.1. The van der Waals surface area contributed by atoms with Crippen molar-refractivity contribution in [1.82, 2.24) is 25.1 Å². The molecule has 120 valence electrons. The fourth-order valence-corrected chi connectivity index (χ4v) is 2.61. The Bertz CT molecular complexity index is 1070. The van der Waals surface area contributed by atoms with Crippen LogP contribution >= 0.6 is 0 Å². The van der Waals surface area contributed by atoms with Gasteiger partial charge < -0.3 is 9.72 Å². The van der Waals surface area contributed by atoms with E-state index in [2.05, 4.69) is 31.2 Å². The lowest BCUT2D eigenvalue weighted by molar-refractivity contribution is 0.297. The molecule has 0 aliphatic heterocycles. The largest absolute Gasteiger partial charge is 0.472 e. The van der Waals surface area contributed by atoms with E-state index in [0.717, 1.165) is 11.1 Å². The van der Waals surface area contributed by atoms with E-state index in [9.17, 15) is 5.26 Å². The van der Waals surface area contributed by atoms with Crippen LogP contribution in [-0.4, -0.2) is 25.1 Å². The van der Waals surface area contributed by atoms with Gasteiger partial charge in [-0.1, -0.05) is 30.3 Å². The first-order chi connectivity index (χ1) is 12.4. The molecule has 1 N–H and O–H groups in total. The van der Waals surface area contributed by atoms with Gasteiger partial charge in [0.05, 0.1) is 11.6 Å². The second-order valence-corrected chi connectivity index (χ2v) is 5.28. The molecule has 7 nitrogen and oxygen atoms in total. The standard InChI is InChI=1S/C18H12N6O/c19-8-15-13(6-7-23-24-15)14-9-20-17-16(14)18(22-11-21-17)25-10-12-4-2-1-3-5-12/h1-7,9,11H,10H2,(H,20,21,22). The second kappa shape index (κ2) is 6.37. The first-order valence-electron chi connectivity index (χ1n) is 7.58. The van der Waals surface area contributed by atoms with Crippen molar-refractivity contribution in [3.8, 4) is 23.1 Å². The third-order valence-electron chi connectivity index (χ3n) is 3.77. The molecule has 0 saturated heterocycles. The molecular weight excluding hydrogens is 316 g/mol. The molecular formula is C18H12N6O. The highest BCUT2D eigenvalue weighted by Crippen LogP contribution is 2.34. The Morgan fingerprint density at radius 3 is 2.80 bits per heavy atom. The molecule has 3 aromatic heterocycles. The Kier molecular flexibility index (Phi) is 3.77. The molecule has 4 rings (SSSR count). The van der Waals surface area contributed by atoms with E-state index < -0.39 is 0 Å². The molecule has 0 saturated carbocycles. The minimum absolute atomic E-state index is 0.237. The zero-order chi connectivity index (χ0) is 17.1. The Morgan fingerprint density at radius 2 is 1.96 bits per heavy atom. The fourth-order valence-electron chi connectivity index (χ4n) is 2.61. The first kappa shape index (κ1) is 14.8. The van der Waals surface area contributed by atoms with Crippen molar-refractivity contribution < 1.29 is 4.74 Å². The van der Waals surface area contributed by atoms with Gasteiger partial charge in [0.15, 0.2) is 5.69 Å². The summed E-state index contributed by atoms with van der Waals surface area (Å²) in [5.41, 5.74) is 3.32. The van der Waals surface area contributed by atoms with E-state index in [0.29, 0.717) is 29.1 Å². The number of aromatic amines is 1. The van der Waals surface area contributed by atoms with Crippen LogP contribution in [0.1, 0.15) is 11.3 Å². The maximum atomic E-state index is 9.29. The van der Waals surface area contributed by atoms with Gasteiger partial charge in [0, 0.05) is 17.3 Å². The lowest BCUT2D eigenvalue weighted by Gasteiger charge is -2.08. The molecule has 3 heterocycles. The summed E-state index contributed by atoms with van der Waals surface area (Å²) >= 11 is 0. The molecule has 4 aromatic rings. The van der Waals surface area contributed by atoms with E-state index in [1.54, 1.807) is 18.5 Å². The van der Waals surface area contributed by atoms with Gasteiger partial charge in [0.25, 0.3) is 0 Å². The number of rotatable bonds is 4. The SMILES string of the molecule is N#Cc1nnccc1-c1c[nH]c2ncnc(OCc3ccccc3)c12. The smallest absolute Gasteiger partial charge is 0.227 e. The van der Waals surface area contributed by atoms with Crippen molar-refractivity contribution in [2.75, 3.05) is 0 Å². The topological polar surface area (TPSA) is 100 Å². The van der Waals surface area contributed by atoms with Gasteiger partial charge in [-0.3, -0.25) is 0 Å². The fraction of sp³-hybridized carbons (Fsp3) is 0.0556. The van der Waals surface area contributed by atoms with Crippen LogP contribution in [0.4, 0.5) is 0 Å². The third-order valence-corrected chi connectivity index (χ3v) is 3.77. The molecule has 25 heavy (non-hydrogen) atoms. The van der Waals surface area contributed by atoms with Gasteiger partial charge in [-0.05, 0) is 11.6 Å². The van der Waals surface area contributed by atoms with Crippen molar-refractivity contribution in [2.45, 2.75) is 6.61 Å². The summed E-state index contributed by atoms with van der Waals surface area (Å²) in [5.74, 6) is 0.450. The first-order valence-corrected chi connectivity index (χ1v) is 7.58. The molecule has 0 amide bonds. The highest BCUT2D eigenvalue weighted by atomic mass is 16.5. The summed E-state index contributed by atoms with van der Waals surface area (Å²) in [6.07, 6.45) is 4.76. The predicted molar refractivity (Wildman–Crippen MR) is 90.4 cm³/mol. The van der Waals surface area contributed by atoms with Gasteiger partial charge in [0.2, 0.25) is 5.88 Å². The number of nitrogens with one attached hydrogen (secondary N) is 1. The summed E-state index contributed by atoms with van der Waals surface area (Å²) in [5, 5.41) is 17.6. The third kappa shape index (κ3) is 2.77. The van der Waals surface area contributed by atoms with E-state index in [1.807, 2.05) is 30.3 Å². The highest BCUT2D eigenvalue weighted by molar-refractivity contribution is 5.97. The Morgan fingerprint density at radius 1 is 1.08 bits per heavy atom. The maximum absolute atomic E-state index is 9.29. The lowest BCUT2D eigenvalue weighted by Crippen LogP contribution is -1.99. The van der Waals surface area contributed by atoms with Crippen molar-refractivity contribution in [2.24, 2.45) is 0 Å². The van der Waals surface area contributed by atoms with Gasteiger partial charge >= 0.3 is 0 Å². The van der Waals surface area contributed by atoms with Crippen molar-refractivity contribution in [1.29, 1.82) is 5.26 Å². The van der Waals surface area contributed by atoms with Crippen LogP contribution in [0.25, 0.3) is 22.2 Å². The van der Waals surface area contributed by atoms with Crippen LogP contribution in [0.15, 0.2) is 55.1 Å². The molecule has 0 unspecified atom stereocenters. The number of nitrogens with zero attached hydrogens (tertiary/aromatic N) is 5. The van der Waals surface area contributed by atoms with Gasteiger partial charge in [-0.2, -0.15) is 10.4 Å². The predicted octanol–water partition coefficient (Wildman–Crippen LogP) is 2.87. The highest BCUT2D eigenvalue weighted by Gasteiger charge is 2.17. The quantitative estimate of drug-likeness (QED) is 0.618. The summed E-state index contributed by atoms with van der Waals surface area (Å²) in [6, 6.07) is 13.6. The molecule has 0 aliphatic carbocycles. The van der Waals surface area contributed by atoms with E-state index in [1.165, 1.54) is 6.33 Å². The Balaban J connectivity index is 1.78. The number of nitriles is 1. The number of benzene rings is 1. The van der Waals surface area contributed by atoms with Crippen molar-refractivity contribution in [3.63, 3.8) is 0 Å². The molecule has 1 aromatic carbocycles. The number of fused-ring (bicyclic) bond motifs is 1. The number of hydrogen-bond donors (Lipinski definition) is 1. The Labute approximate surface area is 143 Å². The van der Waals surface area contributed by atoms with E-state index in [-0.39, 0.29) is 5.69 Å². The van der Waals surface area contributed by atoms with Crippen LogP contribution in [0.5, 0.6) is 5.88 Å². The van der Waals surface area contributed by atoms with Gasteiger partial charge in [0.1, 0.15) is 24.7 Å². The van der Waals surface area contributed by atoms with Crippen LogP contribution in [-0.2, 0) is 6.61 Å². The minimum Gasteiger partial charge on any atom is -0.472 e. The normalized spacial score (nSPS) is 10.5. The zero-order valence-corrected chi connectivity index (χ0v) is 13.0. The summed E-state index contributed by atoms with van der Waals surface area (Å²) < 4.78 is 5.91. The van der Waals surface area contributed by atoms with Crippen LogP contribution in [0.2, 0.25) is 0 Å². The maximum Gasteiger partial charge on any atom is 0.227 e. The summed E-state index contributed by atoms with van der Waals surface area (Å²) in [4.78, 5) is 11.6. The summed E-state index contributed by atoms with van der Waals surface area (Å²) in [7, 11) is 0. The van der Waals surface area contributed by atoms with Crippen LogP contribution in [0.3, 0.4) is 0 Å². The summed E-state index contributed by atoms with van der Waals surface area (Å²) in [6.45, 7) is 0.386. The number of H-pyrrole nitrogens is 1. The Hall–Kier alpha value is -3.79. The number of aromatic nitrogens is 5. The van der Waals surface area contributed by atoms with Gasteiger partial charge in [-0.25, -0.2) is 9.97 Å². The monoisotopic (exact) mass is 328 g/mol. The van der Waals surface area contributed by atoms with E-state index in [4.69, 9.17) is 4.74 Å². The van der Waals surface area contributed by atoms with Crippen LogP contribution < -0.4 is 4.74 Å². The minimum atomic E-state index is 0.237. The van der Waals surface area contributed by atoms with Gasteiger partial charge in [-0.15, -0.1) is 5.10 Å². The molecule has 0 spiro atoms. The second-order valence-electron chi connectivity index (χ2n) is 5.28. The number of ether oxygens (including phenoxy) is 1. The van der Waals surface area contributed by atoms with Crippen LogP contribution in [0, 0.1) is 11.3 Å². The molecule has 0 radical (unpaired) electrons. The average molecular weight is 328 g/mol.